The van der Waals surface area contributed by atoms with Gasteiger partial charge in [-0.2, -0.15) is 5.10 Å². The van der Waals surface area contributed by atoms with Gasteiger partial charge < -0.3 is 10.1 Å². The lowest BCUT2D eigenvalue weighted by atomic mass is 10.0. The molecule has 0 aliphatic rings. The van der Waals surface area contributed by atoms with Crippen molar-refractivity contribution in [3.05, 3.63) is 101 Å². The lowest BCUT2D eigenvalue weighted by Gasteiger charge is -2.20. The normalized spacial score (nSPS) is 11.9. The zero-order valence-corrected chi connectivity index (χ0v) is 19.3. The van der Waals surface area contributed by atoms with Crippen LogP contribution in [0.4, 0.5) is 0 Å². The van der Waals surface area contributed by atoms with Crippen LogP contribution >= 0.6 is 11.6 Å². The van der Waals surface area contributed by atoms with Crippen molar-refractivity contribution in [1.82, 2.24) is 10.7 Å². The maximum atomic E-state index is 12.6. The number of rotatable bonds is 9. The molecule has 0 aromatic heterocycles. The molecule has 2 N–H and O–H groups in total. The average molecular weight is 464 g/mol. The van der Waals surface area contributed by atoms with Crippen LogP contribution in [0, 0.1) is 5.92 Å². The Balaban J connectivity index is 1.51. The fraction of sp³-hybridized carbons (Fsp3) is 0.192. The predicted molar refractivity (Wildman–Crippen MR) is 130 cm³/mol. The summed E-state index contributed by atoms with van der Waals surface area (Å²) in [5.41, 5.74) is 4.82. The molecule has 0 saturated carbocycles. The Morgan fingerprint density at radius 3 is 2.27 bits per heavy atom. The Hall–Kier alpha value is -3.64. The van der Waals surface area contributed by atoms with Gasteiger partial charge in [-0.1, -0.05) is 55.8 Å². The fourth-order valence-corrected chi connectivity index (χ4v) is 3.11. The third kappa shape index (κ3) is 7.47. The van der Waals surface area contributed by atoms with E-state index in [4.69, 9.17) is 16.3 Å². The lowest BCUT2D eigenvalue weighted by Crippen LogP contribution is -2.48. The summed E-state index contributed by atoms with van der Waals surface area (Å²) in [5.74, 6) is -0.0735. The molecule has 0 heterocycles. The molecule has 170 valence electrons. The standard InChI is InChI=1S/C26H26ClN3O3/c1-18(2)24(29-25(31)21-6-4-3-5-7-21)26(32)30-28-16-19-10-14-23(15-11-19)33-17-20-8-12-22(27)13-9-20/h3-16,18,24H,17H2,1-2H3,(H,29,31)(H,30,32). The zero-order valence-electron chi connectivity index (χ0n) is 18.5. The van der Waals surface area contributed by atoms with E-state index in [2.05, 4.69) is 15.8 Å². The topological polar surface area (TPSA) is 79.8 Å². The third-order valence-electron chi connectivity index (χ3n) is 4.86. The molecule has 3 aromatic rings. The van der Waals surface area contributed by atoms with E-state index in [0.717, 1.165) is 16.9 Å². The summed E-state index contributed by atoms with van der Waals surface area (Å²) in [6.07, 6.45) is 1.54. The summed E-state index contributed by atoms with van der Waals surface area (Å²) < 4.78 is 5.76. The maximum Gasteiger partial charge on any atom is 0.262 e. The van der Waals surface area contributed by atoms with E-state index in [1.54, 1.807) is 24.3 Å². The second-order valence-electron chi connectivity index (χ2n) is 7.78. The molecular weight excluding hydrogens is 438 g/mol. The molecule has 3 aromatic carbocycles. The van der Waals surface area contributed by atoms with Crippen molar-refractivity contribution in [1.29, 1.82) is 0 Å². The summed E-state index contributed by atoms with van der Waals surface area (Å²) >= 11 is 5.89. The van der Waals surface area contributed by atoms with Gasteiger partial charge in [0.25, 0.3) is 11.8 Å². The minimum absolute atomic E-state index is 0.107. The minimum atomic E-state index is -0.710. The minimum Gasteiger partial charge on any atom is -0.489 e. The Morgan fingerprint density at radius 2 is 1.64 bits per heavy atom. The van der Waals surface area contributed by atoms with Crippen LogP contribution in [0.2, 0.25) is 5.02 Å². The van der Waals surface area contributed by atoms with Crippen LogP contribution in [0.5, 0.6) is 5.75 Å². The highest BCUT2D eigenvalue weighted by Crippen LogP contribution is 2.15. The summed E-state index contributed by atoms with van der Waals surface area (Å²) in [6, 6.07) is 22.9. The van der Waals surface area contributed by atoms with E-state index in [0.29, 0.717) is 17.2 Å². The molecule has 1 atom stereocenters. The van der Waals surface area contributed by atoms with E-state index in [1.807, 2.05) is 68.4 Å². The van der Waals surface area contributed by atoms with Crippen molar-refractivity contribution >= 4 is 29.6 Å². The number of amides is 2. The summed E-state index contributed by atoms with van der Waals surface area (Å²) in [4.78, 5) is 25.0. The predicted octanol–water partition coefficient (Wildman–Crippen LogP) is 4.82. The Kier molecular flexibility index (Phi) is 8.61. The van der Waals surface area contributed by atoms with Gasteiger partial charge in [-0.3, -0.25) is 9.59 Å². The van der Waals surface area contributed by atoms with Gasteiger partial charge in [0.2, 0.25) is 0 Å². The van der Waals surface area contributed by atoms with Gasteiger partial charge in [-0.25, -0.2) is 5.43 Å². The number of hydrogen-bond acceptors (Lipinski definition) is 4. The number of ether oxygens (including phenoxy) is 1. The highest BCUT2D eigenvalue weighted by atomic mass is 35.5. The molecule has 0 radical (unpaired) electrons. The van der Waals surface area contributed by atoms with Crippen molar-refractivity contribution < 1.29 is 14.3 Å². The van der Waals surface area contributed by atoms with Crippen molar-refractivity contribution in [2.45, 2.75) is 26.5 Å². The Bertz CT molecular complexity index is 1080. The van der Waals surface area contributed by atoms with Crippen molar-refractivity contribution in [2.24, 2.45) is 11.0 Å². The van der Waals surface area contributed by atoms with Gasteiger partial charge in [0.15, 0.2) is 0 Å². The summed E-state index contributed by atoms with van der Waals surface area (Å²) in [5, 5.41) is 7.49. The molecule has 2 amide bonds. The number of nitrogens with zero attached hydrogens (tertiary/aromatic N) is 1. The van der Waals surface area contributed by atoms with Crippen LogP contribution in [-0.2, 0) is 11.4 Å². The molecule has 3 rings (SSSR count). The van der Waals surface area contributed by atoms with Crippen molar-refractivity contribution in [3.8, 4) is 5.75 Å². The van der Waals surface area contributed by atoms with Gasteiger partial charge >= 0.3 is 0 Å². The first-order valence-electron chi connectivity index (χ1n) is 10.6. The molecule has 6 nitrogen and oxygen atoms in total. The van der Waals surface area contributed by atoms with Crippen molar-refractivity contribution in [3.63, 3.8) is 0 Å². The monoisotopic (exact) mass is 463 g/mol. The summed E-state index contributed by atoms with van der Waals surface area (Å²) in [6.45, 7) is 4.16. The first-order valence-corrected chi connectivity index (χ1v) is 11.0. The van der Waals surface area contributed by atoms with E-state index in [-0.39, 0.29) is 17.7 Å². The molecule has 0 aliphatic heterocycles. The molecule has 0 aliphatic carbocycles. The summed E-state index contributed by atoms with van der Waals surface area (Å²) in [7, 11) is 0. The maximum absolute atomic E-state index is 12.6. The van der Waals surface area contributed by atoms with E-state index >= 15 is 0 Å². The highest BCUT2D eigenvalue weighted by molar-refractivity contribution is 6.30. The molecular formula is C26H26ClN3O3. The number of carbonyl (C=O) groups is 2. The average Bonchev–Trinajstić information content (AvgIpc) is 2.83. The van der Waals surface area contributed by atoms with Crippen LogP contribution in [0.1, 0.15) is 35.3 Å². The second-order valence-corrected chi connectivity index (χ2v) is 8.22. The van der Waals surface area contributed by atoms with Gasteiger partial charge in [-0.15, -0.1) is 0 Å². The van der Waals surface area contributed by atoms with Crippen LogP contribution in [0.3, 0.4) is 0 Å². The van der Waals surface area contributed by atoms with Gasteiger partial charge in [0.05, 0.1) is 6.21 Å². The number of benzene rings is 3. The molecule has 33 heavy (non-hydrogen) atoms. The van der Waals surface area contributed by atoms with Crippen LogP contribution in [0.15, 0.2) is 84.0 Å². The van der Waals surface area contributed by atoms with E-state index < -0.39 is 6.04 Å². The first kappa shape index (κ1) is 24.0. The highest BCUT2D eigenvalue weighted by Gasteiger charge is 2.24. The Labute approximate surface area is 198 Å². The molecule has 0 fully saturated rings. The number of hydrazone groups is 1. The van der Waals surface area contributed by atoms with E-state index in [9.17, 15) is 9.59 Å². The quantitative estimate of drug-likeness (QED) is 0.352. The lowest BCUT2D eigenvalue weighted by molar-refractivity contribution is -0.123. The van der Waals surface area contributed by atoms with Crippen molar-refractivity contribution in [2.75, 3.05) is 0 Å². The third-order valence-corrected chi connectivity index (χ3v) is 5.11. The van der Waals surface area contributed by atoms with Crippen LogP contribution < -0.4 is 15.5 Å². The zero-order chi connectivity index (χ0) is 23.6. The number of nitrogens with one attached hydrogen (secondary N) is 2. The van der Waals surface area contributed by atoms with Crippen LogP contribution in [0.25, 0.3) is 0 Å². The fourth-order valence-electron chi connectivity index (χ4n) is 2.99. The van der Waals surface area contributed by atoms with Gasteiger partial charge in [0, 0.05) is 10.6 Å². The number of hydrogen-bond donors (Lipinski definition) is 2. The van der Waals surface area contributed by atoms with E-state index in [1.165, 1.54) is 6.21 Å². The largest absolute Gasteiger partial charge is 0.489 e. The molecule has 1 unspecified atom stereocenters. The molecule has 0 bridgehead atoms. The second kappa shape index (κ2) is 11.8. The Morgan fingerprint density at radius 1 is 0.970 bits per heavy atom. The smallest absolute Gasteiger partial charge is 0.262 e. The van der Waals surface area contributed by atoms with Gasteiger partial charge in [0.1, 0.15) is 18.4 Å². The number of carbonyl (C=O) groups excluding carboxylic acids is 2. The number of halogens is 1. The van der Waals surface area contributed by atoms with Crippen LogP contribution in [-0.4, -0.2) is 24.1 Å². The molecule has 7 heteroatoms. The van der Waals surface area contributed by atoms with Gasteiger partial charge in [-0.05, 0) is 65.6 Å². The SMILES string of the molecule is CC(C)C(NC(=O)c1ccccc1)C(=O)NN=Cc1ccc(OCc2ccc(Cl)cc2)cc1. The molecule has 0 spiro atoms. The molecule has 0 saturated heterocycles. The first-order chi connectivity index (χ1) is 15.9.